The van der Waals surface area contributed by atoms with Crippen LogP contribution in [-0.2, 0) is 4.79 Å². The van der Waals surface area contributed by atoms with Gasteiger partial charge < -0.3 is 10.2 Å². The van der Waals surface area contributed by atoms with Crippen molar-refractivity contribution < 1.29 is 4.79 Å². The fourth-order valence-electron chi connectivity index (χ4n) is 3.76. The normalized spacial score (nSPS) is 22.8. The van der Waals surface area contributed by atoms with E-state index >= 15 is 0 Å². The molecule has 4 heteroatoms. The molecule has 2 fully saturated rings. The van der Waals surface area contributed by atoms with Crippen LogP contribution >= 0.6 is 0 Å². The highest BCUT2D eigenvalue weighted by Crippen LogP contribution is 2.28. The highest BCUT2D eigenvalue weighted by molar-refractivity contribution is 5.95. The predicted octanol–water partition coefficient (Wildman–Crippen LogP) is 3.49. The van der Waals surface area contributed by atoms with Crippen LogP contribution < -0.4 is 10.2 Å². The third kappa shape index (κ3) is 4.25. The topological polar surface area (TPSA) is 35.6 Å². The molecule has 2 heterocycles. The Kier molecular flexibility index (Phi) is 5.55. The Balaban J connectivity index is 1.63. The van der Waals surface area contributed by atoms with Gasteiger partial charge in [0.25, 0.3) is 0 Å². The van der Waals surface area contributed by atoms with Crippen LogP contribution in [0.2, 0.25) is 0 Å². The van der Waals surface area contributed by atoms with Crippen molar-refractivity contribution in [2.24, 2.45) is 0 Å². The molecule has 0 unspecified atom stereocenters. The number of anilines is 2. The Morgan fingerprint density at radius 1 is 1.09 bits per heavy atom. The first-order valence-electron chi connectivity index (χ1n) is 9.12. The molecule has 1 amide bonds. The summed E-state index contributed by atoms with van der Waals surface area (Å²) >= 11 is 0. The molecule has 0 aliphatic carbocycles. The van der Waals surface area contributed by atoms with E-state index in [2.05, 4.69) is 34.2 Å². The van der Waals surface area contributed by atoms with Crippen LogP contribution in [0.1, 0.15) is 45.4 Å². The first-order chi connectivity index (χ1) is 11.2. The number of likely N-dealkylation sites (tertiary alicyclic amines) is 1. The van der Waals surface area contributed by atoms with Gasteiger partial charge >= 0.3 is 0 Å². The highest BCUT2D eigenvalue weighted by atomic mass is 16.2. The van der Waals surface area contributed by atoms with Crippen molar-refractivity contribution >= 4 is 17.3 Å². The third-order valence-electron chi connectivity index (χ3n) is 5.16. The molecular formula is C19H29N3O. The summed E-state index contributed by atoms with van der Waals surface area (Å²) in [6.45, 7) is 5.97. The van der Waals surface area contributed by atoms with Gasteiger partial charge in [0.05, 0.1) is 17.9 Å². The van der Waals surface area contributed by atoms with E-state index in [9.17, 15) is 4.79 Å². The summed E-state index contributed by atoms with van der Waals surface area (Å²) in [6.07, 6.45) is 7.51. The summed E-state index contributed by atoms with van der Waals surface area (Å²) in [7, 11) is 0. The van der Waals surface area contributed by atoms with Crippen LogP contribution in [-0.4, -0.2) is 43.0 Å². The fraction of sp³-hybridized carbons (Fsp3) is 0.632. The van der Waals surface area contributed by atoms with E-state index in [1.165, 1.54) is 44.2 Å². The van der Waals surface area contributed by atoms with Crippen molar-refractivity contribution in [3.8, 4) is 0 Å². The summed E-state index contributed by atoms with van der Waals surface area (Å²) in [5.41, 5.74) is 2.14. The second-order valence-corrected chi connectivity index (χ2v) is 6.93. The Labute approximate surface area is 139 Å². The van der Waals surface area contributed by atoms with Gasteiger partial charge in [0.2, 0.25) is 5.91 Å². The number of nitrogens with zero attached hydrogens (tertiary/aromatic N) is 2. The van der Waals surface area contributed by atoms with E-state index in [4.69, 9.17) is 0 Å². The van der Waals surface area contributed by atoms with Crippen molar-refractivity contribution in [3.05, 3.63) is 24.3 Å². The summed E-state index contributed by atoms with van der Waals surface area (Å²) in [6, 6.07) is 8.75. The Morgan fingerprint density at radius 2 is 1.83 bits per heavy atom. The largest absolute Gasteiger partial charge is 0.370 e. The molecule has 0 aromatic heterocycles. The number of piperidine rings is 2. The molecule has 1 N–H and O–H groups in total. The van der Waals surface area contributed by atoms with Crippen LogP contribution in [0.25, 0.3) is 0 Å². The van der Waals surface area contributed by atoms with Gasteiger partial charge in [-0.3, -0.25) is 9.69 Å². The SMILES string of the molecule is C[C@@H]1CCCCN1CC(=O)Nc1ccccc1N1CCCCC1. The summed E-state index contributed by atoms with van der Waals surface area (Å²) in [5, 5.41) is 3.15. The maximum atomic E-state index is 12.5. The number of hydrogen-bond acceptors (Lipinski definition) is 3. The molecule has 1 aromatic rings. The first kappa shape index (κ1) is 16.3. The van der Waals surface area contributed by atoms with Crippen LogP contribution in [0, 0.1) is 0 Å². The zero-order valence-corrected chi connectivity index (χ0v) is 14.3. The predicted molar refractivity (Wildman–Crippen MR) is 96.0 cm³/mol. The molecule has 2 aliphatic rings. The monoisotopic (exact) mass is 315 g/mol. The lowest BCUT2D eigenvalue weighted by atomic mass is 10.0. The molecule has 1 aromatic carbocycles. The molecule has 2 saturated heterocycles. The molecule has 23 heavy (non-hydrogen) atoms. The van der Waals surface area contributed by atoms with Gasteiger partial charge in [-0.2, -0.15) is 0 Å². The van der Waals surface area contributed by atoms with Crippen LogP contribution in [0.4, 0.5) is 11.4 Å². The Hall–Kier alpha value is -1.55. The van der Waals surface area contributed by atoms with Gasteiger partial charge in [0.15, 0.2) is 0 Å². The number of nitrogens with one attached hydrogen (secondary N) is 1. The van der Waals surface area contributed by atoms with Crippen molar-refractivity contribution in [2.45, 2.75) is 51.5 Å². The second kappa shape index (κ2) is 7.82. The van der Waals surface area contributed by atoms with Gasteiger partial charge in [-0.1, -0.05) is 18.6 Å². The van der Waals surface area contributed by atoms with E-state index in [1.807, 2.05) is 12.1 Å². The number of hydrogen-bond donors (Lipinski definition) is 1. The molecule has 126 valence electrons. The average molecular weight is 315 g/mol. The lowest BCUT2D eigenvalue weighted by Gasteiger charge is -2.33. The number of carbonyl (C=O) groups excluding carboxylic acids is 1. The molecule has 0 saturated carbocycles. The molecule has 0 radical (unpaired) electrons. The van der Waals surface area contributed by atoms with Crippen LogP contribution in [0.3, 0.4) is 0 Å². The molecule has 4 nitrogen and oxygen atoms in total. The Morgan fingerprint density at radius 3 is 2.61 bits per heavy atom. The molecule has 2 aliphatic heterocycles. The lowest BCUT2D eigenvalue weighted by Crippen LogP contribution is -2.42. The average Bonchev–Trinajstić information content (AvgIpc) is 2.58. The van der Waals surface area contributed by atoms with Crippen molar-refractivity contribution in [1.82, 2.24) is 4.90 Å². The van der Waals surface area contributed by atoms with E-state index in [1.54, 1.807) is 0 Å². The van der Waals surface area contributed by atoms with E-state index < -0.39 is 0 Å². The van der Waals surface area contributed by atoms with Gasteiger partial charge in [0, 0.05) is 19.1 Å². The number of para-hydroxylation sites is 2. The second-order valence-electron chi connectivity index (χ2n) is 6.93. The zero-order chi connectivity index (χ0) is 16.1. The molecule has 1 atom stereocenters. The number of amides is 1. The number of benzene rings is 1. The van der Waals surface area contributed by atoms with Gasteiger partial charge in [0.1, 0.15) is 0 Å². The molecule has 0 spiro atoms. The lowest BCUT2D eigenvalue weighted by molar-refractivity contribution is -0.118. The summed E-state index contributed by atoms with van der Waals surface area (Å²) in [4.78, 5) is 17.2. The maximum absolute atomic E-state index is 12.5. The molecule has 3 rings (SSSR count). The van der Waals surface area contributed by atoms with Crippen LogP contribution in [0.15, 0.2) is 24.3 Å². The first-order valence-corrected chi connectivity index (χ1v) is 9.12. The zero-order valence-electron chi connectivity index (χ0n) is 14.3. The van der Waals surface area contributed by atoms with E-state index in [-0.39, 0.29) is 5.91 Å². The number of rotatable bonds is 4. The standard InChI is InChI=1S/C19H29N3O/c1-16-9-5-8-14-22(16)15-19(23)20-17-10-3-4-11-18(17)21-12-6-2-7-13-21/h3-4,10-11,16H,2,5-9,12-15H2,1H3,(H,20,23)/t16-/m1/s1. The quantitative estimate of drug-likeness (QED) is 0.924. The Bertz CT molecular complexity index is 525. The third-order valence-corrected chi connectivity index (χ3v) is 5.16. The van der Waals surface area contributed by atoms with Crippen molar-refractivity contribution in [3.63, 3.8) is 0 Å². The number of carbonyl (C=O) groups is 1. The minimum Gasteiger partial charge on any atom is -0.370 e. The summed E-state index contributed by atoms with van der Waals surface area (Å²) in [5.74, 6) is 0.114. The minimum atomic E-state index is 0.114. The van der Waals surface area contributed by atoms with Gasteiger partial charge in [-0.25, -0.2) is 0 Å². The van der Waals surface area contributed by atoms with Gasteiger partial charge in [-0.05, 0) is 57.7 Å². The molecule has 0 bridgehead atoms. The van der Waals surface area contributed by atoms with Gasteiger partial charge in [-0.15, -0.1) is 0 Å². The van der Waals surface area contributed by atoms with E-state index in [0.29, 0.717) is 12.6 Å². The minimum absolute atomic E-state index is 0.114. The summed E-state index contributed by atoms with van der Waals surface area (Å²) < 4.78 is 0. The van der Waals surface area contributed by atoms with Crippen LogP contribution in [0.5, 0.6) is 0 Å². The maximum Gasteiger partial charge on any atom is 0.238 e. The smallest absolute Gasteiger partial charge is 0.238 e. The van der Waals surface area contributed by atoms with Crippen molar-refractivity contribution in [2.75, 3.05) is 36.4 Å². The highest BCUT2D eigenvalue weighted by Gasteiger charge is 2.21. The van der Waals surface area contributed by atoms with Crippen molar-refractivity contribution in [1.29, 1.82) is 0 Å². The fourth-order valence-corrected chi connectivity index (χ4v) is 3.76. The molecular weight excluding hydrogens is 286 g/mol. The van der Waals surface area contributed by atoms with E-state index in [0.717, 1.165) is 25.3 Å².